The monoisotopic (exact) mass is 262 g/mol. The fourth-order valence-electron chi connectivity index (χ4n) is 1.66. The highest BCUT2D eigenvalue weighted by molar-refractivity contribution is 7.09. The van der Waals surface area contributed by atoms with E-state index in [1.54, 1.807) is 41.5 Å². The molecular formula is C13H14N2O2S. The molecule has 0 aliphatic rings. The molecule has 0 unspecified atom stereocenters. The molecule has 0 aliphatic carbocycles. The number of para-hydroxylation sites is 1. The first kappa shape index (κ1) is 12.6. The Kier molecular flexibility index (Phi) is 3.62. The van der Waals surface area contributed by atoms with Gasteiger partial charge in [0.25, 0.3) is 5.91 Å². The highest BCUT2D eigenvalue weighted by Crippen LogP contribution is 2.18. The summed E-state index contributed by atoms with van der Waals surface area (Å²) in [5.74, 6) is -0.206. The molecule has 0 radical (unpaired) electrons. The third kappa shape index (κ3) is 2.68. The average molecular weight is 262 g/mol. The van der Waals surface area contributed by atoms with E-state index in [-0.39, 0.29) is 11.7 Å². The van der Waals surface area contributed by atoms with Gasteiger partial charge in [0.05, 0.1) is 22.8 Å². The maximum Gasteiger partial charge on any atom is 0.257 e. The maximum absolute atomic E-state index is 12.1. The fourth-order valence-corrected chi connectivity index (χ4v) is 2.26. The number of carbonyl (C=O) groups is 1. The number of hydrogen-bond acceptors (Lipinski definition) is 4. The summed E-state index contributed by atoms with van der Waals surface area (Å²) in [7, 11) is 1.70. The number of phenolic OH excluding ortho intramolecular Hbond substituents is 1. The number of hydrogen-bond donors (Lipinski definition) is 1. The van der Waals surface area contributed by atoms with Crippen molar-refractivity contribution < 1.29 is 9.90 Å². The van der Waals surface area contributed by atoms with Gasteiger partial charge in [-0.3, -0.25) is 4.79 Å². The zero-order chi connectivity index (χ0) is 13.1. The number of aryl methyl sites for hydroxylation is 1. The molecule has 0 saturated heterocycles. The summed E-state index contributed by atoms with van der Waals surface area (Å²) >= 11 is 1.56. The molecule has 0 atom stereocenters. The van der Waals surface area contributed by atoms with Crippen molar-refractivity contribution in [2.24, 2.45) is 0 Å². The van der Waals surface area contributed by atoms with E-state index in [1.165, 1.54) is 6.07 Å². The van der Waals surface area contributed by atoms with Crippen LogP contribution in [-0.2, 0) is 6.54 Å². The number of amides is 1. The molecule has 0 aliphatic heterocycles. The van der Waals surface area contributed by atoms with E-state index in [1.807, 2.05) is 12.3 Å². The average Bonchev–Trinajstić information content (AvgIpc) is 2.74. The van der Waals surface area contributed by atoms with Crippen molar-refractivity contribution in [3.63, 3.8) is 0 Å². The van der Waals surface area contributed by atoms with Crippen molar-refractivity contribution in [1.82, 2.24) is 9.88 Å². The van der Waals surface area contributed by atoms with Gasteiger partial charge in [-0.1, -0.05) is 12.1 Å². The van der Waals surface area contributed by atoms with E-state index < -0.39 is 0 Å². The van der Waals surface area contributed by atoms with Gasteiger partial charge >= 0.3 is 0 Å². The minimum absolute atomic E-state index is 0.00353. The quantitative estimate of drug-likeness (QED) is 0.924. The SMILES string of the molecule is Cc1nc(CN(C)C(=O)c2ccccc2O)cs1. The Hall–Kier alpha value is -1.88. The third-order valence-electron chi connectivity index (χ3n) is 2.55. The summed E-state index contributed by atoms with van der Waals surface area (Å²) in [6.07, 6.45) is 0. The van der Waals surface area contributed by atoms with Gasteiger partial charge in [-0.25, -0.2) is 4.98 Å². The first-order valence-electron chi connectivity index (χ1n) is 5.52. The Bertz CT molecular complexity index is 566. The molecule has 1 heterocycles. The van der Waals surface area contributed by atoms with E-state index in [0.29, 0.717) is 12.1 Å². The smallest absolute Gasteiger partial charge is 0.257 e. The molecule has 1 N–H and O–H groups in total. The molecule has 1 aromatic heterocycles. The normalized spacial score (nSPS) is 10.3. The Labute approximate surface area is 110 Å². The van der Waals surface area contributed by atoms with Gasteiger partial charge in [0.1, 0.15) is 5.75 Å². The van der Waals surface area contributed by atoms with Crippen molar-refractivity contribution in [1.29, 1.82) is 0 Å². The largest absolute Gasteiger partial charge is 0.507 e. The number of phenols is 1. The summed E-state index contributed by atoms with van der Waals surface area (Å²) in [6, 6.07) is 6.54. The van der Waals surface area contributed by atoms with Crippen molar-refractivity contribution in [3.05, 3.63) is 45.9 Å². The van der Waals surface area contributed by atoms with Gasteiger partial charge < -0.3 is 10.0 Å². The summed E-state index contributed by atoms with van der Waals surface area (Å²) in [4.78, 5) is 18.0. The Morgan fingerprint density at radius 2 is 2.17 bits per heavy atom. The lowest BCUT2D eigenvalue weighted by Crippen LogP contribution is -2.26. The molecule has 1 amide bonds. The molecule has 5 heteroatoms. The number of rotatable bonds is 3. The molecule has 0 spiro atoms. The predicted molar refractivity (Wildman–Crippen MR) is 70.8 cm³/mol. The molecule has 2 rings (SSSR count). The lowest BCUT2D eigenvalue weighted by atomic mass is 10.2. The summed E-state index contributed by atoms with van der Waals surface area (Å²) in [5.41, 5.74) is 1.18. The molecule has 2 aromatic rings. The van der Waals surface area contributed by atoms with E-state index in [9.17, 15) is 9.90 Å². The predicted octanol–water partition coefficient (Wildman–Crippen LogP) is 2.43. The highest BCUT2D eigenvalue weighted by atomic mass is 32.1. The Morgan fingerprint density at radius 1 is 1.44 bits per heavy atom. The molecule has 18 heavy (non-hydrogen) atoms. The minimum atomic E-state index is -0.209. The molecule has 0 saturated carbocycles. The second-order valence-electron chi connectivity index (χ2n) is 4.04. The number of aromatic hydroxyl groups is 1. The van der Waals surface area contributed by atoms with Crippen LogP contribution in [0.5, 0.6) is 5.75 Å². The van der Waals surface area contributed by atoms with Crippen LogP contribution >= 0.6 is 11.3 Å². The van der Waals surface area contributed by atoms with Crippen LogP contribution in [0.25, 0.3) is 0 Å². The lowest BCUT2D eigenvalue weighted by Gasteiger charge is -2.16. The lowest BCUT2D eigenvalue weighted by molar-refractivity contribution is 0.0780. The van der Waals surface area contributed by atoms with E-state index in [2.05, 4.69) is 4.98 Å². The Balaban J connectivity index is 2.12. The van der Waals surface area contributed by atoms with Crippen LogP contribution in [0.2, 0.25) is 0 Å². The van der Waals surface area contributed by atoms with Gasteiger partial charge in [-0.2, -0.15) is 0 Å². The molecule has 0 fully saturated rings. The van der Waals surface area contributed by atoms with Crippen LogP contribution in [0.15, 0.2) is 29.6 Å². The summed E-state index contributed by atoms with van der Waals surface area (Å²) in [5, 5.41) is 12.6. The van der Waals surface area contributed by atoms with Crippen molar-refractivity contribution in [3.8, 4) is 5.75 Å². The van der Waals surface area contributed by atoms with Crippen LogP contribution in [0.4, 0.5) is 0 Å². The number of nitrogens with zero attached hydrogens (tertiary/aromatic N) is 2. The molecule has 1 aromatic carbocycles. The standard InChI is InChI=1S/C13H14N2O2S/c1-9-14-10(8-18-9)7-15(2)13(17)11-5-3-4-6-12(11)16/h3-6,8,16H,7H2,1-2H3. The van der Waals surface area contributed by atoms with E-state index in [4.69, 9.17) is 0 Å². The molecular weight excluding hydrogens is 248 g/mol. The summed E-state index contributed by atoms with van der Waals surface area (Å²) < 4.78 is 0. The number of thiazole rings is 1. The van der Waals surface area contributed by atoms with Crippen molar-refractivity contribution in [2.75, 3.05) is 7.05 Å². The number of benzene rings is 1. The zero-order valence-corrected chi connectivity index (χ0v) is 11.1. The molecule has 0 bridgehead atoms. The van der Waals surface area contributed by atoms with Crippen LogP contribution in [0.3, 0.4) is 0 Å². The van der Waals surface area contributed by atoms with Gasteiger partial charge in [0, 0.05) is 12.4 Å². The van der Waals surface area contributed by atoms with Crippen molar-refractivity contribution in [2.45, 2.75) is 13.5 Å². The number of aromatic nitrogens is 1. The van der Waals surface area contributed by atoms with Gasteiger partial charge in [-0.05, 0) is 19.1 Å². The minimum Gasteiger partial charge on any atom is -0.507 e. The topological polar surface area (TPSA) is 53.4 Å². The van der Waals surface area contributed by atoms with Gasteiger partial charge in [0.2, 0.25) is 0 Å². The third-order valence-corrected chi connectivity index (χ3v) is 3.37. The van der Waals surface area contributed by atoms with Crippen LogP contribution < -0.4 is 0 Å². The van der Waals surface area contributed by atoms with E-state index >= 15 is 0 Å². The summed E-state index contributed by atoms with van der Waals surface area (Å²) in [6.45, 7) is 2.37. The van der Waals surface area contributed by atoms with Gasteiger partial charge in [0.15, 0.2) is 0 Å². The first-order valence-corrected chi connectivity index (χ1v) is 6.40. The van der Waals surface area contributed by atoms with Crippen LogP contribution in [0, 0.1) is 6.92 Å². The molecule has 94 valence electrons. The number of carbonyl (C=O) groups excluding carboxylic acids is 1. The highest BCUT2D eigenvalue weighted by Gasteiger charge is 2.16. The zero-order valence-electron chi connectivity index (χ0n) is 10.3. The second kappa shape index (κ2) is 5.18. The van der Waals surface area contributed by atoms with Crippen molar-refractivity contribution >= 4 is 17.2 Å². The maximum atomic E-state index is 12.1. The Morgan fingerprint density at radius 3 is 2.78 bits per heavy atom. The van der Waals surface area contributed by atoms with Gasteiger partial charge in [-0.15, -0.1) is 11.3 Å². The fraction of sp³-hybridized carbons (Fsp3) is 0.231. The first-order chi connectivity index (χ1) is 8.58. The molecule has 4 nitrogen and oxygen atoms in total. The second-order valence-corrected chi connectivity index (χ2v) is 5.10. The van der Waals surface area contributed by atoms with Crippen LogP contribution in [-0.4, -0.2) is 27.9 Å². The van der Waals surface area contributed by atoms with E-state index in [0.717, 1.165) is 10.7 Å². The van der Waals surface area contributed by atoms with Crippen LogP contribution in [0.1, 0.15) is 21.1 Å².